The Bertz CT molecular complexity index is 862. The van der Waals surface area contributed by atoms with Gasteiger partial charge in [-0.2, -0.15) is 0 Å². The molecule has 0 bridgehead atoms. The first-order chi connectivity index (χ1) is 10.8. The molecule has 1 N–H and O–H groups in total. The van der Waals surface area contributed by atoms with Crippen LogP contribution in [0.25, 0.3) is 0 Å². The molecule has 0 aliphatic rings. The number of sulfonamides is 1. The summed E-state index contributed by atoms with van der Waals surface area (Å²) < 4.78 is 46.0. The molecule has 6 nitrogen and oxygen atoms in total. The summed E-state index contributed by atoms with van der Waals surface area (Å²) in [5, 5.41) is 0. The SMILES string of the molecule is COc1cc(C)n(CCNS(=O)(=O)c2cccc(F)c2)c(=O)c1. The van der Waals surface area contributed by atoms with Crippen molar-refractivity contribution in [2.45, 2.75) is 18.4 Å². The van der Waals surface area contributed by atoms with Crippen LogP contribution in [0.1, 0.15) is 5.69 Å². The summed E-state index contributed by atoms with van der Waals surface area (Å²) in [6.07, 6.45) is 0. The van der Waals surface area contributed by atoms with E-state index in [0.29, 0.717) is 11.4 Å². The van der Waals surface area contributed by atoms with Gasteiger partial charge in [-0.1, -0.05) is 6.07 Å². The van der Waals surface area contributed by atoms with Gasteiger partial charge >= 0.3 is 0 Å². The van der Waals surface area contributed by atoms with Crippen molar-refractivity contribution in [3.8, 4) is 5.75 Å². The highest BCUT2D eigenvalue weighted by Gasteiger charge is 2.14. The largest absolute Gasteiger partial charge is 0.496 e. The van der Waals surface area contributed by atoms with Gasteiger partial charge < -0.3 is 9.30 Å². The summed E-state index contributed by atoms with van der Waals surface area (Å²) in [4.78, 5) is 11.8. The second-order valence-corrected chi connectivity index (χ2v) is 6.65. The smallest absolute Gasteiger partial charge is 0.254 e. The number of halogens is 1. The number of nitrogens with one attached hydrogen (secondary N) is 1. The van der Waals surface area contributed by atoms with Crippen molar-refractivity contribution in [1.29, 1.82) is 0 Å². The zero-order valence-corrected chi connectivity index (χ0v) is 13.6. The van der Waals surface area contributed by atoms with Crippen molar-refractivity contribution in [1.82, 2.24) is 9.29 Å². The van der Waals surface area contributed by atoms with Crippen LogP contribution in [-0.2, 0) is 16.6 Å². The van der Waals surface area contributed by atoms with Crippen LogP contribution < -0.4 is 15.0 Å². The fraction of sp³-hybridized carbons (Fsp3) is 0.267. The molecular weight excluding hydrogens is 323 g/mol. The maximum Gasteiger partial charge on any atom is 0.254 e. The number of rotatable bonds is 6. The second kappa shape index (κ2) is 6.93. The van der Waals surface area contributed by atoms with E-state index in [1.165, 1.54) is 35.9 Å². The summed E-state index contributed by atoms with van der Waals surface area (Å²) in [6, 6.07) is 7.74. The molecule has 0 fully saturated rings. The Hall–Kier alpha value is -2.19. The highest BCUT2D eigenvalue weighted by molar-refractivity contribution is 7.89. The molecule has 2 aromatic rings. The minimum atomic E-state index is -3.82. The molecule has 124 valence electrons. The third kappa shape index (κ3) is 4.17. The fourth-order valence-electron chi connectivity index (χ4n) is 2.11. The molecule has 0 saturated heterocycles. The van der Waals surface area contributed by atoms with Crippen LogP contribution in [-0.4, -0.2) is 26.6 Å². The Kier molecular flexibility index (Phi) is 5.17. The van der Waals surface area contributed by atoms with E-state index in [0.717, 1.165) is 6.07 Å². The van der Waals surface area contributed by atoms with E-state index < -0.39 is 15.8 Å². The standard InChI is InChI=1S/C15H17FN2O4S/c1-11-8-13(22-2)10-15(19)18(11)7-6-17-23(20,21)14-5-3-4-12(16)9-14/h3-5,8-10,17H,6-7H2,1-2H3. The van der Waals surface area contributed by atoms with E-state index in [2.05, 4.69) is 4.72 Å². The molecule has 0 amide bonds. The molecule has 1 aromatic carbocycles. The van der Waals surface area contributed by atoms with Gasteiger partial charge in [0, 0.05) is 24.8 Å². The van der Waals surface area contributed by atoms with Crippen LogP contribution >= 0.6 is 0 Å². The quantitative estimate of drug-likeness (QED) is 0.859. The number of methoxy groups -OCH3 is 1. The second-order valence-electron chi connectivity index (χ2n) is 4.88. The van der Waals surface area contributed by atoms with Crippen molar-refractivity contribution in [3.63, 3.8) is 0 Å². The Morgan fingerprint density at radius 1 is 1.26 bits per heavy atom. The lowest BCUT2D eigenvalue weighted by Gasteiger charge is -2.12. The zero-order valence-electron chi connectivity index (χ0n) is 12.7. The Morgan fingerprint density at radius 3 is 2.61 bits per heavy atom. The lowest BCUT2D eigenvalue weighted by atomic mass is 10.3. The van der Waals surface area contributed by atoms with Crippen LogP contribution in [0, 0.1) is 12.7 Å². The van der Waals surface area contributed by atoms with Gasteiger partial charge in [0.25, 0.3) is 5.56 Å². The van der Waals surface area contributed by atoms with Gasteiger partial charge in [-0.15, -0.1) is 0 Å². The minimum Gasteiger partial charge on any atom is -0.496 e. The normalized spacial score (nSPS) is 11.4. The van der Waals surface area contributed by atoms with Gasteiger partial charge in [0.15, 0.2) is 0 Å². The average Bonchev–Trinajstić information content (AvgIpc) is 2.49. The van der Waals surface area contributed by atoms with Crippen LogP contribution in [0.2, 0.25) is 0 Å². The minimum absolute atomic E-state index is 0.00588. The molecule has 0 spiro atoms. The Labute approximate surface area is 133 Å². The number of hydrogen-bond acceptors (Lipinski definition) is 4. The number of pyridine rings is 1. The van der Waals surface area contributed by atoms with Gasteiger partial charge in [0.2, 0.25) is 10.0 Å². The molecule has 2 rings (SSSR count). The van der Waals surface area contributed by atoms with Gasteiger partial charge in [0.05, 0.1) is 12.0 Å². The van der Waals surface area contributed by atoms with Gasteiger partial charge in [0.1, 0.15) is 11.6 Å². The van der Waals surface area contributed by atoms with Crippen molar-refractivity contribution in [3.05, 3.63) is 58.3 Å². The van der Waals surface area contributed by atoms with Crippen LogP contribution in [0.4, 0.5) is 4.39 Å². The number of benzene rings is 1. The predicted octanol–water partition coefficient (Wildman–Crippen LogP) is 1.28. The number of hydrogen-bond donors (Lipinski definition) is 1. The van der Waals surface area contributed by atoms with Crippen LogP contribution in [0.3, 0.4) is 0 Å². The number of aryl methyl sites for hydroxylation is 1. The van der Waals surface area contributed by atoms with Crippen LogP contribution in [0.15, 0.2) is 46.1 Å². The van der Waals surface area contributed by atoms with Crippen molar-refractivity contribution >= 4 is 10.0 Å². The number of nitrogens with zero attached hydrogens (tertiary/aromatic N) is 1. The van der Waals surface area contributed by atoms with Crippen LogP contribution in [0.5, 0.6) is 5.75 Å². The summed E-state index contributed by atoms with van der Waals surface area (Å²) in [6.45, 7) is 1.89. The summed E-state index contributed by atoms with van der Waals surface area (Å²) >= 11 is 0. The predicted molar refractivity (Wildman–Crippen MR) is 83.6 cm³/mol. The van der Waals surface area contributed by atoms with Crippen molar-refractivity contribution in [2.75, 3.05) is 13.7 Å². The maximum absolute atomic E-state index is 13.1. The molecule has 1 aromatic heterocycles. The summed E-state index contributed by atoms with van der Waals surface area (Å²) in [5.74, 6) is -0.181. The van der Waals surface area contributed by atoms with Gasteiger partial charge in [-0.3, -0.25) is 4.79 Å². The van der Waals surface area contributed by atoms with E-state index in [1.54, 1.807) is 13.0 Å². The van der Waals surface area contributed by atoms with Gasteiger partial charge in [-0.05, 0) is 31.2 Å². The lowest BCUT2D eigenvalue weighted by molar-refractivity contribution is 0.411. The zero-order chi connectivity index (χ0) is 17.0. The number of aromatic nitrogens is 1. The highest BCUT2D eigenvalue weighted by atomic mass is 32.2. The molecule has 0 atom stereocenters. The van der Waals surface area contributed by atoms with Crippen molar-refractivity contribution < 1.29 is 17.5 Å². The fourth-order valence-corrected chi connectivity index (χ4v) is 3.16. The van der Waals surface area contributed by atoms with E-state index in [1.807, 2.05) is 0 Å². The first kappa shape index (κ1) is 17.2. The molecule has 0 unspecified atom stereocenters. The molecule has 8 heteroatoms. The van der Waals surface area contributed by atoms with Crippen molar-refractivity contribution in [2.24, 2.45) is 0 Å². The highest BCUT2D eigenvalue weighted by Crippen LogP contribution is 2.11. The first-order valence-electron chi connectivity index (χ1n) is 6.84. The topological polar surface area (TPSA) is 77.4 Å². The molecule has 0 radical (unpaired) electrons. The van der Waals surface area contributed by atoms with E-state index in [9.17, 15) is 17.6 Å². The third-order valence-electron chi connectivity index (χ3n) is 3.28. The summed E-state index contributed by atoms with van der Waals surface area (Å²) in [5.41, 5.74) is 0.367. The van der Waals surface area contributed by atoms with Gasteiger partial charge in [-0.25, -0.2) is 17.5 Å². The Morgan fingerprint density at radius 2 is 2.00 bits per heavy atom. The molecule has 23 heavy (non-hydrogen) atoms. The van der Waals surface area contributed by atoms with E-state index in [-0.39, 0.29) is 23.5 Å². The Balaban J connectivity index is 2.09. The van der Waals surface area contributed by atoms with E-state index >= 15 is 0 Å². The molecule has 0 aliphatic heterocycles. The maximum atomic E-state index is 13.1. The number of ether oxygens (including phenoxy) is 1. The van der Waals surface area contributed by atoms with E-state index in [4.69, 9.17) is 4.74 Å². The third-order valence-corrected chi connectivity index (χ3v) is 4.74. The monoisotopic (exact) mass is 340 g/mol. The molecule has 1 heterocycles. The molecular formula is C15H17FN2O4S. The molecule has 0 aliphatic carbocycles. The first-order valence-corrected chi connectivity index (χ1v) is 8.32. The lowest BCUT2D eigenvalue weighted by Crippen LogP contribution is -2.31. The average molecular weight is 340 g/mol. The molecule has 0 saturated carbocycles. The summed E-state index contributed by atoms with van der Waals surface area (Å²) in [7, 11) is -2.36.